The third-order valence-corrected chi connectivity index (χ3v) is 5.03. The summed E-state index contributed by atoms with van der Waals surface area (Å²) in [5.74, 6) is -2.65. The van der Waals surface area contributed by atoms with Gasteiger partial charge in [0.15, 0.2) is 0 Å². The molecule has 0 bridgehead atoms. The maximum absolute atomic E-state index is 13.0. The van der Waals surface area contributed by atoms with Crippen LogP contribution in [0.3, 0.4) is 0 Å². The zero-order valence-corrected chi connectivity index (χ0v) is 16.2. The maximum Gasteiger partial charge on any atom is 0.401 e. The highest BCUT2D eigenvalue weighted by atomic mass is 19.4. The summed E-state index contributed by atoms with van der Waals surface area (Å²) in [4.78, 5) is 51.3. The SMILES string of the molecule is CNCCN(Cc1cccc2c1C(=O)N(C1CCC(=O)NC1=O)C2=O)CC(F)(F)F. The fraction of sp³-hybridized carbons (Fsp3) is 0.474. The van der Waals surface area contributed by atoms with Crippen LogP contribution in [0.1, 0.15) is 39.1 Å². The van der Waals surface area contributed by atoms with E-state index in [1.165, 1.54) is 18.2 Å². The van der Waals surface area contributed by atoms with Gasteiger partial charge in [0.05, 0.1) is 17.7 Å². The minimum atomic E-state index is -4.43. The van der Waals surface area contributed by atoms with Crippen molar-refractivity contribution in [1.29, 1.82) is 0 Å². The fourth-order valence-corrected chi connectivity index (χ4v) is 3.70. The van der Waals surface area contributed by atoms with Crippen LogP contribution in [0.4, 0.5) is 13.2 Å². The second-order valence-corrected chi connectivity index (χ2v) is 7.22. The molecule has 1 fully saturated rings. The van der Waals surface area contributed by atoms with Crippen LogP contribution in [-0.4, -0.2) is 72.3 Å². The Labute approximate surface area is 170 Å². The molecular weight excluding hydrogens is 405 g/mol. The molecule has 8 nitrogen and oxygen atoms in total. The van der Waals surface area contributed by atoms with Gasteiger partial charge in [-0.05, 0) is 25.1 Å². The van der Waals surface area contributed by atoms with Crippen LogP contribution in [0.2, 0.25) is 0 Å². The maximum atomic E-state index is 13.0. The lowest BCUT2D eigenvalue weighted by Crippen LogP contribution is -2.54. The van der Waals surface area contributed by atoms with Gasteiger partial charge in [-0.1, -0.05) is 12.1 Å². The second kappa shape index (κ2) is 8.52. The molecule has 2 aliphatic heterocycles. The first-order valence-corrected chi connectivity index (χ1v) is 9.39. The molecule has 1 saturated heterocycles. The Morgan fingerprint density at radius 2 is 1.93 bits per heavy atom. The Kier molecular flexibility index (Phi) is 6.22. The summed E-state index contributed by atoms with van der Waals surface area (Å²) in [5, 5.41) is 4.89. The zero-order valence-electron chi connectivity index (χ0n) is 16.2. The normalized spacial score (nSPS) is 19.5. The number of nitrogens with one attached hydrogen (secondary N) is 2. The Morgan fingerprint density at radius 1 is 1.20 bits per heavy atom. The molecule has 2 N–H and O–H groups in total. The Hall–Kier alpha value is -2.79. The van der Waals surface area contributed by atoms with Crippen molar-refractivity contribution in [3.63, 3.8) is 0 Å². The van der Waals surface area contributed by atoms with Gasteiger partial charge in [0, 0.05) is 26.1 Å². The van der Waals surface area contributed by atoms with Crippen LogP contribution in [0.25, 0.3) is 0 Å². The number of carbonyl (C=O) groups excluding carboxylic acids is 4. The van der Waals surface area contributed by atoms with E-state index in [1.807, 2.05) is 0 Å². The molecule has 0 saturated carbocycles. The van der Waals surface area contributed by atoms with E-state index in [0.29, 0.717) is 6.54 Å². The molecule has 1 aromatic carbocycles. The quantitative estimate of drug-likeness (QED) is 0.622. The number of alkyl halides is 3. The van der Waals surface area contributed by atoms with Crippen molar-refractivity contribution in [2.45, 2.75) is 31.6 Å². The number of halogens is 3. The molecule has 162 valence electrons. The lowest BCUT2D eigenvalue weighted by Gasteiger charge is -2.28. The van der Waals surface area contributed by atoms with Gasteiger partial charge in [-0.3, -0.25) is 34.3 Å². The van der Waals surface area contributed by atoms with E-state index < -0.39 is 42.4 Å². The Morgan fingerprint density at radius 3 is 2.57 bits per heavy atom. The third kappa shape index (κ3) is 4.51. The van der Waals surface area contributed by atoms with Crippen LogP contribution in [0, 0.1) is 0 Å². The Bertz CT molecular complexity index is 887. The number of fused-ring (bicyclic) bond motifs is 1. The summed E-state index contributed by atoms with van der Waals surface area (Å²) >= 11 is 0. The lowest BCUT2D eigenvalue weighted by atomic mass is 10.0. The number of nitrogens with zero attached hydrogens (tertiary/aromatic N) is 2. The molecule has 11 heteroatoms. The molecule has 1 atom stereocenters. The molecular formula is C19H21F3N4O4. The molecule has 2 aliphatic rings. The number of benzene rings is 1. The molecule has 3 rings (SSSR count). The van der Waals surface area contributed by atoms with Crippen molar-refractivity contribution < 1.29 is 32.3 Å². The average Bonchev–Trinajstić information content (AvgIpc) is 2.90. The summed E-state index contributed by atoms with van der Waals surface area (Å²) < 4.78 is 38.9. The van der Waals surface area contributed by atoms with Gasteiger partial charge in [0.25, 0.3) is 11.8 Å². The number of piperidine rings is 1. The first-order chi connectivity index (χ1) is 14.1. The molecule has 2 heterocycles. The molecule has 0 spiro atoms. The largest absolute Gasteiger partial charge is 0.401 e. The number of imide groups is 2. The molecule has 30 heavy (non-hydrogen) atoms. The number of likely N-dealkylation sites (N-methyl/N-ethyl adjacent to an activating group) is 1. The molecule has 1 unspecified atom stereocenters. The van der Waals surface area contributed by atoms with Crippen LogP contribution >= 0.6 is 0 Å². The van der Waals surface area contributed by atoms with E-state index >= 15 is 0 Å². The summed E-state index contributed by atoms with van der Waals surface area (Å²) in [6.07, 6.45) is -4.43. The van der Waals surface area contributed by atoms with Crippen molar-refractivity contribution in [3.05, 3.63) is 34.9 Å². The number of hydrogen-bond acceptors (Lipinski definition) is 6. The van der Waals surface area contributed by atoms with Crippen LogP contribution in [0.15, 0.2) is 18.2 Å². The van der Waals surface area contributed by atoms with Crippen LogP contribution < -0.4 is 10.6 Å². The summed E-state index contributed by atoms with van der Waals surface area (Å²) in [7, 11) is 1.62. The summed E-state index contributed by atoms with van der Waals surface area (Å²) in [6, 6.07) is 3.28. The minimum absolute atomic E-state index is 0.00355. The van der Waals surface area contributed by atoms with E-state index in [1.54, 1.807) is 7.05 Å². The van der Waals surface area contributed by atoms with Crippen LogP contribution in [0.5, 0.6) is 0 Å². The van der Waals surface area contributed by atoms with E-state index in [-0.39, 0.29) is 42.6 Å². The van der Waals surface area contributed by atoms with Crippen molar-refractivity contribution in [2.75, 3.05) is 26.7 Å². The van der Waals surface area contributed by atoms with E-state index in [4.69, 9.17) is 0 Å². The topological polar surface area (TPSA) is 98.8 Å². The van der Waals surface area contributed by atoms with Crippen LogP contribution in [-0.2, 0) is 16.1 Å². The number of carbonyl (C=O) groups is 4. The molecule has 0 radical (unpaired) electrons. The molecule has 0 aliphatic carbocycles. The average molecular weight is 426 g/mol. The number of amides is 4. The van der Waals surface area contributed by atoms with Gasteiger partial charge < -0.3 is 5.32 Å². The minimum Gasteiger partial charge on any atom is -0.318 e. The molecule has 0 aromatic heterocycles. The van der Waals surface area contributed by atoms with E-state index in [0.717, 1.165) is 9.80 Å². The van der Waals surface area contributed by atoms with Gasteiger partial charge in [-0.25, -0.2) is 0 Å². The number of rotatable bonds is 7. The highest BCUT2D eigenvalue weighted by Crippen LogP contribution is 2.31. The van der Waals surface area contributed by atoms with Gasteiger partial charge in [0.1, 0.15) is 6.04 Å². The predicted molar refractivity (Wildman–Crippen MR) is 98.4 cm³/mol. The molecule has 1 aromatic rings. The van der Waals surface area contributed by atoms with Crippen molar-refractivity contribution >= 4 is 23.6 Å². The van der Waals surface area contributed by atoms with Gasteiger partial charge in [0.2, 0.25) is 11.8 Å². The van der Waals surface area contributed by atoms with Crippen molar-refractivity contribution in [3.8, 4) is 0 Å². The van der Waals surface area contributed by atoms with Crippen molar-refractivity contribution in [1.82, 2.24) is 20.4 Å². The number of hydrogen-bond donors (Lipinski definition) is 2. The first kappa shape index (κ1) is 21.9. The lowest BCUT2D eigenvalue weighted by molar-refractivity contribution is -0.147. The van der Waals surface area contributed by atoms with E-state index in [9.17, 15) is 32.3 Å². The molecule has 4 amide bonds. The highest BCUT2D eigenvalue weighted by Gasteiger charge is 2.45. The zero-order chi connectivity index (χ0) is 22.1. The summed E-state index contributed by atoms with van der Waals surface area (Å²) in [5.41, 5.74) is 0.326. The third-order valence-electron chi connectivity index (χ3n) is 5.03. The first-order valence-electron chi connectivity index (χ1n) is 9.39. The van der Waals surface area contributed by atoms with E-state index in [2.05, 4.69) is 10.6 Å². The monoisotopic (exact) mass is 426 g/mol. The van der Waals surface area contributed by atoms with Crippen molar-refractivity contribution in [2.24, 2.45) is 0 Å². The fourth-order valence-electron chi connectivity index (χ4n) is 3.70. The second-order valence-electron chi connectivity index (χ2n) is 7.22. The van der Waals surface area contributed by atoms with Gasteiger partial charge >= 0.3 is 6.18 Å². The summed E-state index contributed by atoms with van der Waals surface area (Å²) in [6.45, 7) is -0.969. The van der Waals surface area contributed by atoms with Gasteiger partial charge in [-0.2, -0.15) is 13.2 Å². The van der Waals surface area contributed by atoms with Gasteiger partial charge in [-0.15, -0.1) is 0 Å². The predicted octanol–water partition coefficient (Wildman–Crippen LogP) is 0.671. The standard InChI is InChI=1S/C19H21F3N4O4/c1-23-7-8-25(10-19(20,21)22)9-11-3-2-4-12-15(11)18(30)26(17(12)29)13-5-6-14(27)24-16(13)28/h2-4,13,23H,5-10H2,1H3,(H,24,27,28). The smallest absolute Gasteiger partial charge is 0.318 e. The Balaban J connectivity index is 1.88. The highest BCUT2D eigenvalue weighted by molar-refractivity contribution is 6.24.